The van der Waals surface area contributed by atoms with Crippen LogP contribution in [-0.2, 0) is 4.79 Å². The molecule has 0 aliphatic heterocycles. The Hall–Kier alpha value is -1.65. The van der Waals surface area contributed by atoms with Gasteiger partial charge in [-0.3, -0.25) is 4.79 Å². The second kappa shape index (κ2) is 5.12. The highest BCUT2D eigenvalue weighted by atomic mass is 19.1. The molecule has 0 bridgehead atoms. The molecular formula is C12H14F2N2O. The third-order valence-electron chi connectivity index (χ3n) is 2.67. The number of carbonyl (C=O) groups excluding carboxylic acids is 1. The van der Waals surface area contributed by atoms with Crippen LogP contribution < -0.4 is 10.6 Å². The molecule has 5 heteroatoms. The molecule has 1 aliphatic carbocycles. The summed E-state index contributed by atoms with van der Waals surface area (Å²) in [5.41, 5.74) is -0.255. The van der Waals surface area contributed by atoms with Crippen LogP contribution in [0.4, 0.5) is 14.5 Å². The highest BCUT2D eigenvalue weighted by molar-refractivity contribution is 5.80. The Morgan fingerprint density at radius 1 is 1.29 bits per heavy atom. The van der Waals surface area contributed by atoms with Gasteiger partial charge in [0.1, 0.15) is 17.3 Å². The van der Waals surface area contributed by atoms with E-state index in [1.807, 2.05) is 0 Å². The van der Waals surface area contributed by atoms with Gasteiger partial charge < -0.3 is 10.6 Å². The highest BCUT2D eigenvalue weighted by Gasteiger charge is 2.21. The molecule has 92 valence electrons. The van der Waals surface area contributed by atoms with E-state index in [0.717, 1.165) is 25.0 Å². The van der Waals surface area contributed by atoms with E-state index in [9.17, 15) is 13.6 Å². The number of halogens is 2. The number of anilines is 1. The molecule has 1 fully saturated rings. The van der Waals surface area contributed by atoms with Crippen molar-refractivity contribution in [3.8, 4) is 0 Å². The lowest BCUT2D eigenvalue weighted by Gasteiger charge is -2.08. The van der Waals surface area contributed by atoms with Crippen LogP contribution in [0.3, 0.4) is 0 Å². The molecule has 1 amide bonds. The van der Waals surface area contributed by atoms with Gasteiger partial charge in [0.25, 0.3) is 0 Å². The van der Waals surface area contributed by atoms with Crippen LogP contribution in [0, 0.1) is 17.6 Å². The molecule has 0 saturated heterocycles. The number of hydrogen-bond acceptors (Lipinski definition) is 2. The first-order valence-electron chi connectivity index (χ1n) is 5.61. The van der Waals surface area contributed by atoms with Crippen molar-refractivity contribution >= 4 is 11.6 Å². The minimum Gasteiger partial charge on any atom is -0.371 e. The largest absolute Gasteiger partial charge is 0.371 e. The molecule has 0 radical (unpaired) electrons. The molecule has 0 atom stereocenters. The highest BCUT2D eigenvalue weighted by Crippen LogP contribution is 2.27. The SMILES string of the molecule is O=C(CNc1c(F)cccc1F)NCC1CC1. The normalized spacial score (nSPS) is 14.5. The number of para-hydroxylation sites is 1. The van der Waals surface area contributed by atoms with E-state index in [-0.39, 0.29) is 18.1 Å². The maximum atomic E-state index is 13.2. The number of benzene rings is 1. The molecule has 0 aromatic heterocycles. The average Bonchev–Trinajstić information content (AvgIpc) is 3.09. The summed E-state index contributed by atoms with van der Waals surface area (Å²) in [6.07, 6.45) is 2.30. The summed E-state index contributed by atoms with van der Waals surface area (Å²) in [6.45, 7) is 0.533. The minimum absolute atomic E-state index is 0.120. The van der Waals surface area contributed by atoms with Gasteiger partial charge in [-0.1, -0.05) is 6.07 Å². The average molecular weight is 240 g/mol. The van der Waals surface area contributed by atoms with Crippen molar-refractivity contribution in [1.29, 1.82) is 0 Å². The van der Waals surface area contributed by atoms with Crippen LogP contribution in [0.15, 0.2) is 18.2 Å². The summed E-state index contributed by atoms with van der Waals surface area (Å²) in [4.78, 5) is 11.4. The van der Waals surface area contributed by atoms with Gasteiger partial charge >= 0.3 is 0 Å². The van der Waals surface area contributed by atoms with Gasteiger partial charge in [0.05, 0.1) is 6.54 Å². The minimum atomic E-state index is -0.694. The topological polar surface area (TPSA) is 41.1 Å². The summed E-state index contributed by atoms with van der Waals surface area (Å²) >= 11 is 0. The Balaban J connectivity index is 1.81. The first-order valence-corrected chi connectivity index (χ1v) is 5.61. The lowest BCUT2D eigenvalue weighted by atomic mass is 10.3. The lowest BCUT2D eigenvalue weighted by Crippen LogP contribution is -2.31. The standard InChI is InChI=1S/C12H14F2N2O/c13-9-2-1-3-10(14)12(9)16-7-11(17)15-6-8-4-5-8/h1-3,8,16H,4-7H2,(H,15,17). The molecule has 3 nitrogen and oxygen atoms in total. The molecule has 2 rings (SSSR count). The van der Waals surface area contributed by atoms with Crippen molar-refractivity contribution in [2.24, 2.45) is 5.92 Å². The van der Waals surface area contributed by atoms with Crippen molar-refractivity contribution in [3.63, 3.8) is 0 Å². The van der Waals surface area contributed by atoms with Crippen molar-refractivity contribution in [1.82, 2.24) is 5.32 Å². The third kappa shape index (κ3) is 3.41. The maximum Gasteiger partial charge on any atom is 0.239 e. The van der Waals surface area contributed by atoms with Crippen LogP contribution in [-0.4, -0.2) is 19.0 Å². The smallest absolute Gasteiger partial charge is 0.239 e. The Morgan fingerprint density at radius 3 is 2.53 bits per heavy atom. The molecule has 0 heterocycles. The van der Waals surface area contributed by atoms with E-state index in [1.54, 1.807) is 0 Å². The third-order valence-corrected chi connectivity index (χ3v) is 2.67. The van der Waals surface area contributed by atoms with Crippen LogP contribution >= 0.6 is 0 Å². The molecule has 1 saturated carbocycles. The molecule has 0 unspecified atom stereocenters. The quantitative estimate of drug-likeness (QED) is 0.825. The van der Waals surface area contributed by atoms with E-state index in [1.165, 1.54) is 6.07 Å². The molecule has 17 heavy (non-hydrogen) atoms. The Bertz CT molecular complexity index is 399. The van der Waals surface area contributed by atoms with Gasteiger partial charge in [0.2, 0.25) is 5.91 Å². The fourth-order valence-electron chi connectivity index (χ4n) is 1.48. The molecule has 0 spiro atoms. The zero-order chi connectivity index (χ0) is 12.3. The maximum absolute atomic E-state index is 13.2. The van der Waals surface area contributed by atoms with E-state index >= 15 is 0 Å². The van der Waals surface area contributed by atoms with Gasteiger partial charge in [0.15, 0.2) is 0 Å². The number of rotatable bonds is 5. The van der Waals surface area contributed by atoms with Crippen molar-refractivity contribution < 1.29 is 13.6 Å². The summed E-state index contributed by atoms with van der Waals surface area (Å²) < 4.78 is 26.4. The van der Waals surface area contributed by atoms with Gasteiger partial charge in [0, 0.05) is 6.54 Å². The van der Waals surface area contributed by atoms with Crippen molar-refractivity contribution in [2.75, 3.05) is 18.4 Å². The summed E-state index contributed by atoms with van der Waals surface area (Å²) in [5.74, 6) is -1.05. The van der Waals surface area contributed by atoms with Crippen LogP contribution in [0.1, 0.15) is 12.8 Å². The van der Waals surface area contributed by atoms with Gasteiger partial charge in [-0.15, -0.1) is 0 Å². The second-order valence-corrected chi connectivity index (χ2v) is 4.20. The summed E-state index contributed by atoms with van der Waals surface area (Å²) in [5, 5.41) is 5.17. The zero-order valence-corrected chi connectivity index (χ0v) is 9.30. The predicted molar refractivity (Wildman–Crippen MR) is 60.6 cm³/mol. The van der Waals surface area contributed by atoms with Crippen LogP contribution in [0.5, 0.6) is 0 Å². The second-order valence-electron chi connectivity index (χ2n) is 4.20. The van der Waals surface area contributed by atoms with E-state index in [0.29, 0.717) is 12.5 Å². The molecular weight excluding hydrogens is 226 g/mol. The van der Waals surface area contributed by atoms with E-state index < -0.39 is 11.6 Å². The summed E-state index contributed by atoms with van der Waals surface area (Å²) in [6, 6.07) is 3.57. The molecule has 2 N–H and O–H groups in total. The van der Waals surface area contributed by atoms with E-state index in [2.05, 4.69) is 10.6 Å². The first kappa shape index (κ1) is 11.8. The first-order chi connectivity index (χ1) is 8.16. The van der Waals surface area contributed by atoms with Crippen LogP contribution in [0.2, 0.25) is 0 Å². The fraction of sp³-hybridized carbons (Fsp3) is 0.417. The number of amides is 1. The van der Waals surface area contributed by atoms with Gasteiger partial charge in [-0.05, 0) is 30.9 Å². The zero-order valence-electron chi connectivity index (χ0n) is 9.30. The Morgan fingerprint density at radius 2 is 1.94 bits per heavy atom. The van der Waals surface area contributed by atoms with Crippen LogP contribution in [0.25, 0.3) is 0 Å². The monoisotopic (exact) mass is 240 g/mol. The van der Waals surface area contributed by atoms with Crippen molar-refractivity contribution in [3.05, 3.63) is 29.8 Å². The Labute approximate surface area is 98.2 Å². The van der Waals surface area contributed by atoms with E-state index in [4.69, 9.17) is 0 Å². The number of hydrogen-bond donors (Lipinski definition) is 2. The van der Waals surface area contributed by atoms with Crippen molar-refractivity contribution in [2.45, 2.75) is 12.8 Å². The fourth-order valence-corrected chi connectivity index (χ4v) is 1.48. The van der Waals surface area contributed by atoms with Gasteiger partial charge in [-0.2, -0.15) is 0 Å². The predicted octanol–water partition coefficient (Wildman–Crippen LogP) is 1.90. The molecule has 1 aromatic rings. The van der Waals surface area contributed by atoms with Gasteiger partial charge in [-0.25, -0.2) is 8.78 Å². The molecule has 1 aromatic carbocycles. The lowest BCUT2D eigenvalue weighted by molar-refractivity contribution is -0.119. The Kier molecular flexibility index (Phi) is 3.56. The molecule has 1 aliphatic rings. The number of nitrogens with one attached hydrogen (secondary N) is 2. The summed E-state index contributed by atoms with van der Waals surface area (Å²) in [7, 11) is 0. The number of carbonyl (C=O) groups is 1.